The van der Waals surface area contributed by atoms with Gasteiger partial charge in [0.1, 0.15) is 12.0 Å². The highest BCUT2D eigenvalue weighted by Crippen LogP contribution is 2.21. The molecule has 2 rings (SSSR count). The van der Waals surface area contributed by atoms with Crippen molar-refractivity contribution >= 4 is 39.4 Å². The van der Waals surface area contributed by atoms with Crippen molar-refractivity contribution in [2.45, 2.75) is 20.0 Å². The summed E-state index contributed by atoms with van der Waals surface area (Å²) < 4.78 is 7.17. The van der Waals surface area contributed by atoms with Crippen LogP contribution in [-0.4, -0.2) is 31.8 Å². The Kier molecular flexibility index (Phi) is 4.43. The van der Waals surface area contributed by atoms with E-state index in [9.17, 15) is 4.79 Å². The summed E-state index contributed by atoms with van der Waals surface area (Å²) in [5.41, 5.74) is 0.689. The highest BCUT2D eigenvalue weighted by molar-refractivity contribution is 9.11. The molecule has 2 aromatic rings. The molecule has 0 aromatic carbocycles. The van der Waals surface area contributed by atoms with Crippen LogP contribution < -0.4 is 0 Å². The molecule has 0 radical (unpaired) electrons. The first-order valence-electron chi connectivity index (χ1n) is 5.46. The Hall–Kier alpha value is -1.54. The van der Waals surface area contributed by atoms with Crippen LogP contribution in [0.1, 0.15) is 13.8 Å². The molecule has 0 N–H and O–H groups in total. The van der Waals surface area contributed by atoms with Crippen molar-refractivity contribution < 1.29 is 9.53 Å². The second-order valence-corrected chi connectivity index (χ2v) is 5.97. The highest BCUT2D eigenvalue weighted by atomic mass is 79.9. The van der Waals surface area contributed by atoms with Gasteiger partial charge in [-0.25, -0.2) is 19.4 Å². The average Bonchev–Trinajstić information content (AvgIpc) is 2.94. The minimum Gasteiger partial charge on any atom is -0.460 e. The minimum atomic E-state index is -0.413. The van der Waals surface area contributed by atoms with E-state index in [1.165, 1.54) is 34.6 Å². The third-order valence-corrected chi connectivity index (χ3v) is 3.29. The number of esters is 1. The minimum absolute atomic E-state index is 0.143. The summed E-state index contributed by atoms with van der Waals surface area (Å²) in [7, 11) is 0. The third kappa shape index (κ3) is 3.97. The second kappa shape index (κ2) is 6.07. The molecule has 2 heterocycles. The summed E-state index contributed by atoms with van der Waals surface area (Å²) in [5, 5.41) is 6.03. The second-order valence-electron chi connectivity index (χ2n) is 3.84. The fraction of sp³-hybridized carbons (Fsp3) is 0.273. The van der Waals surface area contributed by atoms with Crippen LogP contribution in [0.25, 0.3) is 17.7 Å². The molecule has 0 spiro atoms. The molecule has 0 aliphatic heterocycles. The molecule has 0 saturated carbocycles. The summed E-state index contributed by atoms with van der Waals surface area (Å²) in [6, 6.07) is 0. The topological polar surface area (TPSA) is 69.9 Å². The van der Waals surface area contributed by atoms with Crippen LogP contribution in [0.15, 0.2) is 21.7 Å². The van der Waals surface area contributed by atoms with Gasteiger partial charge >= 0.3 is 5.97 Å². The van der Waals surface area contributed by atoms with Gasteiger partial charge in [0, 0.05) is 17.7 Å². The van der Waals surface area contributed by atoms with Crippen molar-refractivity contribution in [1.29, 1.82) is 0 Å². The van der Waals surface area contributed by atoms with Crippen molar-refractivity contribution in [3.8, 4) is 11.5 Å². The monoisotopic (exact) mass is 342 g/mol. The fourth-order valence-corrected chi connectivity index (χ4v) is 2.22. The van der Waals surface area contributed by atoms with Crippen molar-refractivity contribution in [2.75, 3.05) is 0 Å². The van der Waals surface area contributed by atoms with Crippen LogP contribution in [0.4, 0.5) is 0 Å². The molecule has 0 aliphatic rings. The first kappa shape index (κ1) is 13.9. The smallest absolute Gasteiger partial charge is 0.332 e. The van der Waals surface area contributed by atoms with E-state index in [0.717, 1.165) is 3.92 Å². The van der Waals surface area contributed by atoms with Crippen molar-refractivity contribution in [1.82, 2.24) is 19.7 Å². The molecular weight excluding hydrogens is 332 g/mol. The van der Waals surface area contributed by atoms with Gasteiger partial charge in [-0.15, -0.1) is 16.4 Å². The van der Waals surface area contributed by atoms with Gasteiger partial charge in [0.15, 0.2) is 3.92 Å². The van der Waals surface area contributed by atoms with E-state index in [4.69, 9.17) is 4.74 Å². The molecule has 0 saturated heterocycles. The number of hydrogen-bond acceptors (Lipinski definition) is 6. The van der Waals surface area contributed by atoms with Gasteiger partial charge in [-0.2, -0.15) is 0 Å². The fourth-order valence-electron chi connectivity index (χ4n) is 1.23. The van der Waals surface area contributed by atoms with Gasteiger partial charge in [0.05, 0.1) is 6.10 Å². The zero-order valence-electron chi connectivity index (χ0n) is 10.3. The zero-order valence-corrected chi connectivity index (χ0v) is 12.7. The van der Waals surface area contributed by atoms with Crippen LogP contribution >= 0.6 is 27.3 Å². The Morgan fingerprint density at radius 3 is 3.00 bits per heavy atom. The highest BCUT2D eigenvalue weighted by Gasteiger charge is 2.07. The number of aromatic nitrogens is 4. The largest absolute Gasteiger partial charge is 0.460 e. The van der Waals surface area contributed by atoms with Gasteiger partial charge < -0.3 is 4.74 Å². The molecule has 0 fully saturated rings. The van der Waals surface area contributed by atoms with E-state index in [-0.39, 0.29) is 6.10 Å². The molecule has 0 amide bonds. The lowest BCUT2D eigenvalue weighted by Gasteiger charge is -2.03. The molecule has 0 atom stereocenters. The number of carbonyl (C=O) groups is 1. The van der Waals surface area contributed by atoms with Crippen LogP contribution in [-0.2, 0) is 9.53 Å². The number of hydrogen-bond donors (Lipinski definition) is 0. The summed E-state index contributed by atoms with van der Waals surface area (Å²) in [6.45, 7) is 3.58. The summed E-state index contributed by atoms with van der Waals surface area (Å²) >= 11 is 4.74. The predicted octanol–water partition coefficient (Wildman–Crippen LogP) is 2.59. The quantitative estimate of drug-likeness (QED) is 0.630. The molecule has 6 nitrogen and oxygen atoms in total. The Morgan fingerprint density at radius 2 is 2.37 bits per heavy atom. The zero-order chi connectivity index (χ0) is 13.8. The predicted molar refractivity (Wildman–Crippen MR) is 75.4 cm³/mol. The van der Waals surface area contributed by atoms with Crippen molar-refractivity contribution in [2.24, 2.45) is 0 Å². The van der Waals surface area contributed by atoms with Crippen LogP contribution in [0.3, 0.4) is 0 Å². The number of thiazole rings is 1. The van der Waals surface area contributed by atoms with E-state index >= 15 is 0 Å². The standard InChI is InChI=1S/C11H11BrN4O2S/c1-7(2)18-9(17)3-4-16-6-13-10(15-16)8-5-19-11(12)14-8/h3-7H,1-2H3/b4-3+. The lowest BCUT2D eigenvalue weighted by molar-refractivity contribution is -0.141. The molecule has 0 aliphatic carbocycles. The first-order chi connectivity index (χ1) is 9.04. The Bertz CT molecular complexity index is 605. The average molecular weight is 343 g/mol. The summed E-state index contributed by atoms with van der Waals surface area (Å²) in [6.07, 6.45) is 4.15. The number of nitrogens with zero attached hydrogens (tertiary/aromatic N) is 4. The van der Waals surface area contributed by atoms with Gasteiger partial charge in [-0.05, 0) is 29.8 Å². The Balaban J connectivity index is 2.05. The van der Waals surface area contributed by atoms with Gasteiger partial charge in [-0.3, -0.25) is 0 Å². The number of halogens is 1. The lowest BCUT2D eigenvalue weighted by Crippen LogP contribution is -2.08. The maximum atomic E-state index is 11.3. The maximum absolute atomic E-state index is 11.3. The molecule has 19 heavy (non-hydrogen) atoms. The van der Waals surface area contributed by atoms with Gasteiger partial charge in [0.2, 0.25) is 5.82 Å². The summed E-state index contributed by atoms with van der Waals surface area (Å²) in [5.74, 6) is 0.0901. The normalized spacial score (nSPS) is 11.4. The van der Waals surface area contributed by atoms with Crippen LogP contribution in [0.5, 0.6) is 0 Å². The first-order valence-corrected chi connectivity index (χ1v) is 7.13. The van der Waals surface area contributed by atoms with E-state index in [2.05, 4.69) is 31.0 Å². The van der Waals surface area contributed by atoms with Gasteiger partial charge in [-0.1, -0.05) is 0 Å². The van der Waals surface area contributed by atoms with Crippen molar-refractivity contribution in [3.05, 3.63) is 21.7 Å². The van der Waals surface area contributed by atoms with E-state index in [0.29, 0.717) is 11.5 Å². The van der Waals surface area contributed by atoms with Crippen LogP contribution in [0, 0.1) is 0 Å². The van der Waals surface area contributed by atoms with E-state index in [1.807, 2.05) is 5.38 Å². The number of carbonyl (C=O) groups excluding carboxylic acids is 1. The lowest BCUT2D eigenvalue weighted by atomic mass is 10.5. The van der Waals surface area contributed by atoms with E-state index < -0.39 is 5.97 Å². The molecule has 8 heteroatoms. The van der Waals surface area contributed by atoms with Crippen LogP contribution in [0.2, 0.25) is 0 Å². The molecule has 100 valence electrons. The Labute approximate surface area is 122 Å². The third-order valence-electron chi connectivity index (χ3n) is 1.93. The maximum Gasteiger partial charge on any atom is 0.332 e. The number of ether oxygens (including phenoxy) is 1. The number of rotatable bonds is 4. The van der Waals surface area contributed by atoms with Gasteiger partial charge in [0.25, 0.3) is 0 Å². The van der Waals surface area contributed by atoms with Crippen molar-refractivity contribution in [3.63, 3.8) is 0 Å². The van der Waals surface area contributed by atoms with E-state index in [1.54, 1.807) is 13.8 Å². The molecule has 2 aromatic heterocycles. The molecular formula is C11H11BrN4O2S. The SMILES string of the molecule is CC(C)OC(=O)/C=C/n1cnc(-c2csc(Br)n2)n1. The molecule has 0 unspecified atom stereocenters. The Morgan fingerprint density at radius 1 is 1.58 bits per heavy atom. The molecule has 0 bridgehead atoms. The summed E-state index contributed by atoms with van der Waals surface area (Å²) in [4.78, 5) is 19.6.